The van der Waals surface area contributed by atoms with Gasteiger partial charge in [-0.2, -0.15) is 0 Å². The fraction of sp³-hybridized carbons (Fsp3) is 0.0968. The zero-order chi connectivity index (χ0) is 25.2. The number of hydrogen-bond donors (Lipinski definition) is 2. The summed E-state index contributed by atoms with van der Waals surface area (Å²) in [5.41, 5.74) is 4.88. The first-order valence-corrected chi connectivity index (χ1v) is 12.3. The molecule has 0 saturated carbocycles. The molecule has 0 aliphatic rings. The van der Waals surface area contributed by atoms with E-state index in [0.717, 1.165) is 43.6 Å². The highest BCUT2D eigenvalue weighted by molar-refractivity contribution is 5.99. The van der Waals surface area contributed by atoms with Gasteiger partial charge in [0.15, 0.2) is 0 Å². The van der Waals surface area contributed by atoms with Crippen molar-refractivity contribution in [3.8, 4) is 0 Å². The number of carbonyl (C=O) groups excluding carboxylic acids is 2. The van der Waals surface area contributed by atoms with Gasteiger partial charge in [-0.15, -0.1) is 0 Å². The number of nitrogens with one attached hydrogen (secondary N) is 2. The van der Waals surface area contributed by atoms with E-state index in [2.05, 4.69) is 22.8 Å². The molecule has 2 amide bonds. The molecule has 0 atom stereocenters. The first-order chi connectivity index (χ1) is 18.1. The quantitative estimate of drug-likeness (QED) is 0.254. The molecule has 37 heavy (non-hydrogen) atoms. The number of pyridine rings is 2. The summed E-state index contributed by atoms with van der Waals surface area (Å²) in [6.45, 7) is 0. The van der Waals surface area contributed by atoms with Crippen LogP contribution in [0.25, 0.3) is 43.6 Å². The molecule has 2 N–H and O–H groups in total. The minimum atomic E-state index is -0.130. The molecule has 0 radical (unpaired) electrons. The minimum Gasteiger partial charge on any atom is -0.326 e. The molecule has 0 saturated heterocycles. The molecule has 0 spiro atoms. The SMILES string of the molecule is O=C(CCCC(=O)Nc1ccc2cc3ccccc3nc2c1)Nc1ccc2cc3ccccc3nc2c1. The fourth-order valence-electron chi connectivity index (χ4n) is 4.55. The second-order valence-electron chi connectivity index (χ2n) is 9.13. The second-order valence-corrected chi connectivity index (χ2v) is 9.13. The maximum atomic E-state index is 12.5. The van der Waals surface area contributed by atoms with Crippen LogP contribution in [0, 0.1) is 0 Å². The summed E-state index contributed by atoms with van der Waals surface area (Å²) in [6.07, 6.45) is 0.953. The van der Waals surface area contributed by atoms with E-state index in [4.69, 9.17) is 9.97 Å². The van der Waals surface area contributed by atoms with Gasteiger partial charge in [0.2, 0.25) is 11.8 Å². The minimum absolute atomic E-state index is 0.130. The zero-order valence-corrected chi connectivity index (χ0v) is 20.1. The lowest BCUT2D eigenvalue weighted by Gasteiger charge is -2.09. The maximum absolute atomic E-state index is 12.5. The average Bonchev–Trinajstić information content (AvgIpc) is 2.90. The summed E-state index contributed by atoms with van der Waals surface area (Å²) >= 11 is 0. The molecule has 0 aliphatic carbocycles. The molecule has 2 heterocycles. The average molecular weight is 485 g/mol. The Balaban J connectivity index is 1.04. The highest BCUT2D eigenvalue weighted by atomic mass is 16.2. The predicted octanol–water partition coefficient (Wildman–Crippen LogP) is 6.84. The van der Waals surface area contributed by atoms with E-state index in [9.17, 15) is 9.59 Å². The summed E-state index contributed by atoms with van der Waals surface area (Å²) in [5.74, 6) is -0.260. The van der Waals surface area contributed by atoms with Crippen LogP contribution >= 0.6 is 0 Å². The number of fused-ring (bicyclic) bond motifs is 4. The van der Waals surface area contributed by atoms with Crippen molar-refractivity contribution in [1.29, 1.82) is 0 Å². The van der Waals surface area contributed by atoms with E-state index >= 15 is 0 Å². The first-order valence-electron chi connectivity index (χ1n) is 12.3. The molecule has 0 unspecified atom stereocenters. The van der Waals surface area contributed by atoms with Crippen LogP contribution in [0.4, 0.5) is 11.4 Å². The van der Waals surface area contributed by atoms with Crippen LogP contribution in [0.1, 0.15) is 19.3 Å². The lowest BCUT2D eigenvalue weighted by Crippen LogP contribution is -2.14. The highest BCUT2D eigenvalue weighted by Crippen LogP contribution is 2.24. The molecule has 4 aromatic carbocycles. The van der Waals surface area contributed by atoms with Crippen molar-refractivity contribution in [3.05, 3.63) is 97.1 Å². The van der Waals surface area contributed by atoms with Gasteiger partial charge in [0.1, 0.15) is 0 Å². The molecular formula is C31H24N4O2. The fourth-order valence-corrected chi connectivity index (χ4v) is 4.55. The van der Waals surface area contributed by atoms with Gasteiger partial charge in [-0.25, -0.2) is 9.97 Å². The van der Waals surface area contributed by atoms with Crippen molar-refractivity contribution in [2.45, 2.75) is 19.3 Å². The Morgan fingerprint density at radius 1 is 0.514 bits per heavy atom. The Kier molecular flexibility index (Phi) is 5.91. The molecule has 6 rings (SSSR count). The summed E-state index contributed by atoms with van der Waals surface area (Å²) in [6, 6.07) is 31.5. The first kappa shape index (κ1) is 22.6. The van der Waals surface area contributed by atoms with Gasteiger partial charge < -0.3 is 10.6 Å². The van der Waals surface area contributed by atoms with E-state index < -0.39 is 0 Å². The Hall–Kier alpha value is -4.84. The lowest BCUT2D eigenvalue weighted by atomic mass is 10.1. The second kappa shape index (κ2) is 9.66. The summed E-state index contributed by atoms with van der Waals surface area (Å²) < 4.78 is 0. The van der Waals surface area contributed by atoms with Gasteiger partial charge in [-0.1, -0.05) is 48.5 Å². The molecule has 0 bridgehead atoms. The van der Waals surface area contributed by atoms with Crippen molar-refractivity contribution in [1.82, 2.24) is 9.97 Å². The van der Waals surface area contributed by atoms with Crippen LogP contribution in [0.15, 0.2) is 97.1 Å². The van der Waals surface area contributed by atoms with Gasteiger partial charge in [0.05, 0.1) is 22.1 Å². The number of anilines is 2. The number of para-hydroxylation sites is 2. The number of benzene rings is 4. The Labute approximate surface area is 213 Å². The molecule has 0 aliphatic heterocycles. The predicted molar refractivity (Wildman–Crippen MR) is 150 cm³/mol. The molecule has 180 valence electrons. The Morgan fingerprint density at radius 3 is 1.43 bits per heavy atom. The smallest absolute Gasteiger partial charge is 0.224 e. The highest BCUT2D eigenvalue weighted by Gasteiger charge is 2.09. The van der Waals surface area contributed by atoms with Crippen LogP contribution in [-0.4, -0.2) is 21.8 Å². The normalized spacial score (nSPS) is 11.2. The molecular weight excluding hydrogens is 460 g/mol. The molecule has 6 aromatic rings. The number of carbonyl (C=O) groups is 2. The van der Waals surface area contributed by atoms with Crippen LogP contribution in [0.5, 0.6) is 0 Å². The summed E-state index contributed by atoms with van der Waals surface area (Å²) in [7, 11) is 0. The van der Waals surface area contributed by atoms with E-state index in [0.29, 0.717) is 17.8 Å². The number of rotatable bonds is 6. The van der Waals surface area contributed by atoms with Gasteiger partial charge in [0.25, 0.3) is 0 Å². The molecule has 6 nitrogen and oxygen atoms in total. The number of hydrogen-bond acceptors (Lipinski definition) is 4. The van der Waals surface area contributed by atoms with Crippen LogP contribution in [0.3, 0.4) is 0 Å². The van der Waals surface area contributed by atoms with E-state index in [1.807, 2.05) is 84.9 Å². The standard InChI is InChI=1S/C31H24N4O2/c36-30(32-24-14-12-22-16-20-6-1-3-8-26(20)34-28(22)18-24)10-5-11-31(37)33-25-15-13-23-17-21-7-2-4-9-27(21)35-29(23)19-25/h1-4,6-9,12-19H,5,10-11H2,(H,32,36)(H,33,37). The molecule has 6 heteroatoms. The topological polar surface area (TPSA) is 84.0 Å². The van der Waals surface area contributed by atoms with Crippen molar-refractivity contribution < 1.29 is 9.59 Å². The molecule has 0 fully saturated rings. The summed E-state index contributed by atoms with van der Waals surface area (Å²) in [4.78, 5) is 34.4. The monoisotopic (exact) mass is 484 g/mol. The van der Waals surface area contributed by atoms with E-state index in [-0.39, 0.29) is 24.7 Å². The van der Waals surface area contributed by atoms with Crippen LogP contribution in [-0.2, 0) is 9.59 Å². The lowest BCUT2D eigenvalue weighted by molar-refractivity contribution is -0.117. The Bertz CT molecular complexity index is 1680. The van der Waals surface area contributed by atoms with Crippen molar-refractivity contribution in [3.63, 3.8) is 0 Å². The third kappa shape index (κ3) is 4.95. The number of nitrogens with zero attached hydrogens (tertiary/aromatic N) is 2. The van der Waals surface area contributed by atoms with Crippen molar-refractivity contribution >= 4 is 66.8 Å². The maximum Gasteiger partial charge on any atom is 0.224 e. The summed E-state index contributed by atoms with van der Waals surface area (Å²) in [5, 5.41) is 10.0. The van der Waals surface area contributed by atoms with Gasteiger partial charge in [-0.05, 0) is 55.0 Å². The third-order valence-corrected chi connectivity index (χ3v) is 6.41. The van der Waals surface area contributed by atoms with Gasteiger partial charge in [-0.3, -0.25) is 9.59 Å². The van der Waals surface area contributed by atoms with Gasteiger partial charge >= 0.3 is 0 Å². The number of amides is 2. The van der Waals surface area contributed by atoms with Crippen LogP contribution in [0.2, 0.25) is 0 Å². The van der Waals surface area contributed by atoms with E-state index in [1.165, 1.54) is 0 Å². The van der Waals surface area contributed by atoms with E-state index in [1.54, 1.807) is 0 Å². The third-order valence-electron chi connectivity index (χ3n) is 6.41. The zero-order valence-electron chi connectivity index (χ0n) is 20.1. The van der Waals surface area contributed by atoms with Gasteiger partial charge in [0, 0.05) is 45.8 Å². The largest absolute Gasteiger partial charge is 0.326 e. The van der Waals surface area contributed by atoms with Crippen molar-refractivity contribution in [2.24, 2.45) is 0 Å². The Morgan fingerprint density at radius 2 is 0.946 bits per heavy atom. The molecule has 2 aromatic heterocycles. The van der Waals surface area contributed by atoms with Crippen molar-refractivity contribution in [2.75, 3.05) is 10.6 Å². The van der Waals surface area contributed by atoms with Crippen LogP contribution < -0.4 is 10.6 Å². The number of aromatic nitrogens is 2.